The topological polar surface area (TPSA) is 0 Å². The molecule has 0 atom stereocenters. The Bertz CT molecular complexity index is 1040. The Balaban J connectivity index is 0.00000131. The van der Waals surface area contributed by atoms with Crippen LogP contribution in [0.3, 0.4) is 0 Å². The van der Waals surface area contributed by atoms with Crippen molar-refractivity contribution in [2.24, 2.45) is 5.41 Å². The molecule has 0 amide bonds. The van der Waals surface area contributed by atoms with E-state index in [9.17, 15) is 0 Å². The Labute approximate surface area is 200 Å². The molecule has 28 heavy (non-hydrogen) atoms. The van der Waals surface area contributed by atoms with Crippen molar-refractivity contribution in [3.8, 4) is 11.1 Å². The van der Waals surface area contributed by atoms with Gasteiger partial charge in [0.1, 0.15) is 0 Å². The van der Waals surface area contributed by atoms with Gasteiger partial charge >= 0.3 is 26.2 Å². The second kappa shape index (κ2) is 9.21. The number of allylic oxidation sites excluding steroid dienone is 4. The van der Waals surface area contributed by atoms with E-state index < -0.39 is 0 Å². The minimum Gasteiger partial charge on any atom is -1.00 e. The maximum Gasteiger partial charge on any atom is 3.00 e. The largest absolute Gasteiger partial charge is 3.00 e. The van der Waals surface area contributed by atoms with Gasteiger partial charge in [-0.25, -0.2) is 0 Å². The van der Waals surface area contributed by atoms with Crippen LogP contribution in [-0.4, -0.2) is 0 Å². The second-order valence-electron chi connectivity index (χ2n) is 7.76. The van der Waals surface area contributed by atoms with Crippen LogP contribution in [-0.2, 0) is 26.2 Å². The Morgan fingerprint density at radius 3 is 1.89 bits per heavy atom. The van der Waals surface area contributed by atoms with Gasteiger partial charge in [0, 0.05) is 5.41 Å². The Morgan fingerprint density at radius 1 is 0.750 bits per heavy atom. The molecule has 1 aliphatic carbocycles. The quantitative estimate of drug-likeness (QED) is 0.480. The van der Waals surface area contributed by atoms with Crippen LogP contribution < -0.4 is 24.8 Å². The molecular weight excluding hydrogens is 462 g/mol. The minimum absolute atomic E-state index is 0. The molecular formula is C25H25Cl2Zr. The van der Waals surface area contributed by atoms with Gasteiger partial charge in [0.25, 0.3) is 0 Å². The summed E-state index contributed by atoms with van der Waals surface area (Å²) in [5.41, 5.74) is 10.0. The molecule has 0 N–H and O–H groups in total. The smallest absolute Gasteiger partial charge is 1.00 e. The molecule has 0 saturated heterocycles. The number of fused-ring (bicyclic) bond motifs is 1. The first kappa shape index (κ1) is 25.0. The standard InChI is InChI=1S/C25H25.2ClH.Zr/c1-16-17(2)24(25(4,5)18(16)3)23-21-14-10-9-13-20(21)15-22(23)19-11-7-6-8-12-19;;;/h6-15H,1-5H3;2*1H;/q-1;;;+3/p-2. The molecule has 3 aromatic rings. The summed E-state index contributed by atoms with van der Waals surface area (Å²) in [5.74, 6) is 0. The molecule has 143 valence electrons. The third kappa shape index (κ3) is 3.74. The predicted molar refractivity (Wildman–Crippen MR) is 110 cm³/mol. The molecule has 3 heteroatoms. The molecule has 4 rings (SSSR count). The number of hydrogen-bond donors (Lipinski definition) is 0. The van der Waals surface area contributed by atoms with Crippen molar-refractivity contribution >= 4 is 16.3 Å². The van der Waals surface area contributed by atoms with E-state index in [1.807, 2.05) is 0 Å². The third-order valence-electron chi connectivity index (χ3n) is 6.20. The van der Waals surface area contributed by atoms with Crippen molar-refractivity contribution in [3.63, 3.8) is 0 Å². The van der Waals surface area contributed by atoms with Crippen molar-refractivity contribution in [3.05, 3.63) is 82.9 Å². The van der Waals surface area contributed by atoms with Crippen LogP contribution >= 0.6 is 0 Å². The molecule has 0 fully saturated rings. The molecule has 0 saturated carbocycles. The number of benzene rings is 2. The second-order valence-corrected chi connectivity index (χ2v) is 7.76. The van der Waals surface area contributed by atoms with Crippen LogP contribution in [0.25, 0.3) is 27.5 Å². The maximum absolute atomic E-state index is 2.37. The van der Waals surface area contributed by atoms with E-state index in [1.165, 1.54) is 49.8 Å². The van der Waals surface area contributed by atoms with Crippen molar-refractivity contribution in [2.75, 3.05) is 0 Å². The molecule has 0 bridgehead atoms. The molecule has 1 radical (unpaired) electrons. The summed E-state index contributed by atoms with van der Waals surface area (Å²) in [5, 5.41) is 2.70. The minimum atomic E-state index is 0. The van der Waals surface area contributed by atoms with Gasteiger partial charge in [-0.15, -0.1) is 34.0 Å². The van der Waals surface area contributed by atoms with Crippen molar-refractivity contribution in [1.82, 2.24) is 0 Å². The number of halogens is 2. The summed E-state index contributed by atoms with van der Waals surface area (Å²) < 4.78 is 0. The van der Waals surface area contributed by atoms with Gasteiger partial charge in [0.05, 0.1) is 0 Å². The molecule has 0 aromatic heterocycles. The first-order valence-corrected chi connectivity index (χ1v) is 9.07. The summed E-state index contributed by atoms with van der Waals surface area (Å²) in [4.78, 5) is 0. The Kier molecular flexibility index (Phi) is 8.23. The first-order valence-electron chi connectivity index (χ1n) is 9.07. The molecule has 3 aromatic carbocycles. The van der Waals surface area contributed by atoms with Crippen LogP contribution in [0.1, 0.15) is 40.2 Å². The van der Waals surface area contributed by atoms with Crippen LogP contribution in [0.4, 0.5) is 0 Å². The summed E-state index contributed by atoms with van der Waals surface area (Å²) >= 11 is 0. The van der Waals surface area contributed by atoms with E-state index in [0.29, 0.717) is 0 Å². The number of rotatable bonds is 2. The summed E-state index contributed by atoms with van der Waals surface area (Å²) in [6, 6.07) is 22.0. The van der Waals surface area contributed by atoms with E-state index in [1.54, 1.807) is 0 Å². The van der Waals surface area contributed by atoms with Gasteiger partial charge in [0.2, 0.25) is 0 Å². The van der Waals surface area contributed by atoms with Gasteiger partial charge in [-0.2, -0.15) is 0 Å². The molecule has 0 unspecified atom stereocenters. The first-order chi connectivity index (χ1) is 11.9. The predicted octanol–water partition coefficient (Wildman–Crippen LogP) is 1.38. The fourth-order valence-electron chi connectivity index (χ4n) is 4.43. The van der Waals surface area contributed by atoms with Gasteiger partial charge in [-0.05, 0) is 26.3 Å². The fraction of sp³-hybridized carbons (Fsp3) is 0.240. The summed E-state index contributed by atoms with van der Waals surface area (Å²) in [6.07, 6.45) is 0. The van der Waals surface area contributed by atoms with Crippen molar-refractivity contribution in [1.29, 1.82) is 0 Å². The molecule has 0 spiro atoms. The van der Waals surface area contributed by atoms with E-state index in [0.717, 1.165) is 0 Å². The molecule has 0 aliphatic heterocycles. The monoisotopic (exact) mass is 485 g/mol. The Hall–Kier alpha value is -1.01. The van der Waals surface area contributed by atoms with E-state index in [4.69, 9.17) is 0 Å². The third-order valence-corrected chi connectivity index (χ3v) is 6.20. The van der Waals surface area contributed by atoms with Crippen LogP contribution in [0.2, 0.25) is 0 Å². The van der Waals surface area contributed by atoms with E-state index >= 15 is 0 Å². The van der Waals surface area contributed by atoms with Crippen molar-refractivity contribution in [2.45, 2.75) is 34.6 Å². The van der Waals surface area contributed by atoms with Gasteiger partial charge in [0.15, 0.2) is 0 Å². The maximum atomic E-state index is 2.37. The zero-order valence-corrected chi connectivity index (χ0v) is 21.0. The molecule has 0 heterocycles. The van der Waals surface area contributed by atoms with Crippen LogP contribution in [0.15, 0.2) is 77.4 Å². The number of hydrogen-bond acceptors (Lipinski definition) is 0. The van der Waals surface area contributed by atoms with Gasteiger partial charge in [-0.3, -0.25) is 0 Å². The molecule has 1 aliphatic rings. The van der Waals surface area contributed by atoms with E-state index in [-0.39, 0.29) is 56.4 Å². The summed E-state index contributed by atoms with van der Waals surface area (Å²) in [6.45, 7) is 11.6. The normalized spacial score (nSPS) is 15.2. The Morgan fingerprint density at radius 2 is 1.32 bits per heavy atom. The van der Waals surface area contributed by atoms with Crippen LogP contribution in [0.5, 0.6) is 0 Å². The average Bonchev–Trinajstić information content (AvgIpc) is 3.06. The molecule has 0 nitrogen and oxygen atoms in total. The average molecular weight is 488 g/mol. The SMILES string of the molecule is CC1=C(C)C(C)(C)C(c2c(-c3ccccc3)[cH-]c3ccccc23)=C1C.[Cl-].[Cl-].[Zr+3]. The summed E-state index contributed by atoms with van der Waals surface area (Å²) in [7, 11) is 0. The van der Waals surface area contributed by atoms with Crippen LogP contribution in [0, 0.1) is 5.41 Å². The van der Waals surface area contributed by atoms with Gasteiger partial charge in [-0.1, -0.05) is 84.7 Å². The zero-order valence-electron chi connectivity index (χ0n) is 17.0. The van der Waals surface area contributed by atoms with E-state index in [2.05, 4.69) is 95.3 Å². The van der Waals surface area contributed by atoms with Crippen molar-refractivity contribution < 1.29 is 51.0 Å². The zero-order chi connectivity index (χ0) is 17.8. The van der Waals surface area contributed by atoms with Gasteiger partial charge < -0.3 is 24.8 Å². The fourth-order valence-corrected chi connectivity index (χ4v) is 4.43.